The Morgan fingerprint density at radius 3 is 2.95 bits per heavy atom. The van der Waals surface area contributed by atoms with Gasteiger partial charge in [-0.2, -0.15) is 0 Å². The molecule has 0 aromatic carbocycles. The molecule has 20 heavy (non-hydrogen) atoms. The summed E-state index contributed by atoms with van der Waals surface area (Å²) in [5, 5.41) is 3.46. The van der Waals surface area contributed by atoms with Gasteiger partial charge in [-0.05, 0) is 51.6 Å². The largest absolute Gasteiger partial charge is 0.349 e. The molecule has 110 valence electrons. The van der Waals surface area contributed by atoms with Crippen LogP contribution >= 0.6 is 0 Å². The molecule has 1 saturated heterocycles. The molecule has 1 N–H and O–H groups in total. The third kappa shape index (κ3) is 2.87. The van der Waals surface area contributed by atoms with Gasteiger partial charge < -0.3 is 14.8 Å². The molecule has 5 heteroatoms. The second kappa shape index (κ2) is 5.95. The van der Waals surface area contributed by atoms with Crippen molar-refractivity contribution < 1.29 is 0 Å². The first-order valence-electron chi connectivity index (χ1n) is 7.82. The lowest BCUT2D eigenvalue weighted by Crippen LogP contribution is -2.42. The third-order valence-electron chi connectivity index (χ3n) is 4.35. The summed E-state index contributed by atoms with van der Waals surface area (Å²) in [7, 11) is 0. The molecule has 2 heterocycles. The van der Waals surface area contributed by atoms with Crippen molar-refractivity contribution in [2.75, 3.05) is 24.5 Å². The highest BCUT2D eigenvalue weighted by Gasteiger charge is 2.33. The van der Waals surface area contributed by atoms with Gasteiger partial charge in [0.1, 0.15) is 0 Å². The summed E-state index contributed by atoms with van der Waals surface area (Å²) in [4.78, 5) is 19.1. The van der Waals surface area contributed by atoms with Crippen LogP contribution < -0.4 is 15.8 Å². The summed E-state index contributed by atoms with van der Waals surface area (Å²) < 4.78 is 1.75. The topological polar surface area (TPSA) is 50.2 Å². The molecular weight excluding hydrogens is 252 g/mol. The van der Waals surface area contributed by atoms with Crippen LogP contribution in [-0.2, 0) is 6.54 Å². The van der Waals surface area contributed by atoms with Gasteiger partial charge in [-0.25, -0.2) is 4.98 Å². The van der Waals surface area contributed by atoms with E-state index in [0.29, 0.717) is 24.3 Å². The Hall–Kier alpha value is -1.36. The monoisotopic (exact) mass is 276 g/mol. The Morgan fingerprint density at radius 1 is 1.45 bits per heavy atom. The number of hydrogen-bond donors (Lipinski definition) is 1. The predicted molar refractivity (Wildman–Crippen MR) is 80.1 cm³/mol. The first-order chi connectivity index (χ1) is 9.79. The molecule has 1 atom stereocenters. The molecule has 0 radical (unpaired) electrons. The van der Waals surface area contributed by atoms with Crippen molar-refractivity contribution in [1.82, 2.24) is 14.9 Å². The number of nitrogens with one attached hydrogen (secondary N) is 1. The normalized spacial score (nSPS) is 22.8. The van der Waals surface area contributed by atoms with Crippen LogP contribution in [0.1, 0.15) is 32.6 Å². The number of aromatic nitrogens is 2. The van der Waals surface area contributed by atoms with Crippen molar-refractivity contribution in [2.45, 2.75) is 45.2 Å². The van der Waals surface area contributed by atoms with Gasteiger partial charge in [-0.3, -0.25) is 4.79 Å². The van der Waals surface area contributed by atoms with Crippen LogP contribution in [0.2, 0.25) is 0 Å². The number of rotatable bonds is 5. The quantitative estimate of drug-likeness (QED) is 0.879. The second-order valence-electron chi connectivity index (χ2n) is 5.94. The molecule has 3 rings (SSSR count). The van der Waals surface area contributed by atoms with Crippen LogP contribution in [0.25, 0.3) is 0 Å². The fourth-order valence-electron chi connectivity index (χ4n) is 3.03. The number of nitrogens with zero attached hydrogens (tertiary/aromatic N) is 3. The maximum atomic E-state index is 12.5. The summed E-state index contributed by atoms with van der Waals surface area (Å²) in [6.07, 6.45) is 8.42. The first-order valence-corrected chi connectivity index (χ1v) is 7.82. The fourth-order valence-corrected chi connectivity index (χ4v) is 3.03. The van der Waals surface area contributed by atoms with Crippen LogP contribution in [0.4, 0.5) is 5.82 Å². The highest BCUT2D eigenvalue weighted by atomic mass is 16.1. The van der Waals surface area contributed by atoms with Crippen molar-refractivity contribution in [1.29, 1.82) is 0 Å². The lowest BCUT2D eigenvalue weighted by atomic mass is 9.99. The van der Waals surface area contributed by atoms with E-state index >= 15 is 0 Å². The van der Waals surface area contributed by atoms with Crippen LogP contribution in [0, 0.1) is 5.92 Å². The van der Waals surface area contributed by atoms with E-state index in [0.717, 1.165) is 19.6 Å². The minimum absolute atomic E-state index is 0.0608. The molecule has 1 aliphatic heterocycles. The SMILES string of the molecule is CCn1ccnc(N(CC2CCCNC2)C2CC2)c1=O. The zero-order chi connectivity index (χ0) is 13.9. The molecular formula is C15H24N4O. The average molecular weight is 276 g/mol. The molecule has 1 aromatic rings. The number of hydrogen-bond acceptors (Lipinski definition) is 4. The Balaban J connectivity index is 1.81. The standard InChI is InChI=1S/C15H24N4O/c1-2-18-9-8-17-14(15(18)20)19(13-5-6-13)11-12-4-3-7-16-10-12/h8-9,12-13,16H,2-7,10-11H2,1H3. The van der Waals surface area contributed by atoms with Gasteiger partial charge in [0.05, 0.1) is 0 Å². The highest BCUT2D eigenvalue weighted by Crippen LogP contribution is 2.30. The first kappa shape index (κ1) is 13.6. The predicted octanol–water partition coefficient (Wildman–Crippen LogP) is 1.23. The molecule has 0 amide bonds. The Bertz CT molecular complexity index is 503. The van der Waals surface area contributed by atoms with E-state index in [9.17, 15) is 4.79 Å². The van der Waals surface area contributed by atoms with Gasteiger partial charge in [0.25, 0.3) is 5.56 Å². The van der Waals surface area contributed by atoms with Crippen molar-refractivity contribution in [2.24, 2.45) is 5.92 Å². The summed E-state index contributed by atoms with van der Waals surface area (Å²) >= 11 is 0. The van der Waals surface area contributed by atoms with Crippen molar-refractivity contribution in [3.8, 4) is 0 Å². The zero-order valence-electron chi connectivity index (χ0n) is 12.2. The van der Waals surface area contributed by atoms with Crippen LogP contribution in [0.15, 0.2) is 17.2 Å². The molecule has 2 fully saturated rings. The molecule has 1 aromatic heterocycles. The van der Waals surface area contributed by atoms with E-state index in [1.54, 1.807) is 17.0 Å². The average Bonchev–Trinajstić information content (AvgIpc) is 3.31. The molecule has 5 nitrogen and oxygen atoms in total. The smallest absolute Gasteiger partial charge is 0.293 e. The maximum absolute atomic E-state index is 12.5. The minimum Gasteiger partial charge on any atom is -0.349 e. The van der Waals surface area contributed by atoms with Gasteiger partial charge in [-0.1, -0.05) is 0 Å². The molecule has 1 unspecified atom stereocenters. The van der Waals surface area contributed by atoms with Gasteiger partial charge in [0, 0.05) is 31.5 Å². The van der Waals surface area contributed by atoms with Crippen LogP contribution in [0.3, 0.4) is 0 Å². The Morgan fingerprint density at radius 2 is 2.30 bits per heavy atom. The lowest BCUT2D eigenvalue weighted by Gasteiger charge is -2.30. The van der Waals surface area contributed by atoms with E-state index in [4.69, 9.17) is 0 Å². The molecule has 1 saturated carbocycles. The summed E-state index contributed by atoms with van der Waals surface area (Å²) in [6, 6.07) is 0.532. The fraction of sp³-hybridized carbons (Fsp3) is 0.733. The van der Waals surface area contributed by atoms with Gasteiger partial charge in [-0.15, -0.1) is 0 Å². The summed E-state index contributed by atoms with van der Waals surface area (Å²) in [6.45, 7) is 5.87. The molecule has 0 spiro atoms. The van der Waals surface area contributed by atoms with Gasteiger partial charge >= 0.3 is 0 Å². The molecule has 2 aliphatic rings. The summed E-state index contributed by atoms with van der Waals surface area (Å²) in [5.41, 5.74) is 0.0608. The van der Waals surface area contributed by atoms with E-state index in [-0.39, 0.29) is 5.56 Å². The number of aryl methyl sites for hydroxylation is 1. The van der Waals surface area contributed by atoms with Gasteiger partial charge in [0.2, 0.25) is 0 Å². The second-order valence-corrected chi connectivity index (χ2v) is 5.94. The van der Waals surface area contributed by atoms with E-state index in [2.05, 4.69) is 15.2 Å². The Labute approximate surface area is 120 Å². The van der Waals surface area contributed by atoms with Crippen molar-refractivity contribution >= 4 is 5.82 Å². The molecule has 0 bridgehead atoms. The summed E-state index contributed by atoms with van der Waals surface area (Å²) in [5.74, 6) is 1.29. The number of anilines is 1. The third-order valence-corrected chi connectivity index (χ3v) is 4.35. The Kier molecular flexibility index (Phi) is 4.05. The van der Waals surface area contributed by atoms with Crippen molar-refractivity contribution in [3.63, 3.8) is 0 Å². The van der Waals surface area contributed by atoms with Crippen LogP contribution in [-0.4, -0.2) is 35.2 Å². The van der Waals surface area contributed by atoms with Gasteiger partial charge in [0.15, 0.2) is 5.82 Å². The number of piperidine rings is 1. The maximum Gasteiger partial charge on any atom is 0.293 e. The van der Waals surface area contributed by atoms with Crippen molar-refractivity contribution in [3.05, 3.63) is 22.7 Å². The van der Waals surface area contributed by atoms with Crippen LogP contribution in [0.5, 0.6) is 0 Å². The molecule has 1 aliphatic carbocycles. The highest BCUT2D eigenvalue weighted by molar-refractivity contribution is 5.39. The van der Waals surface area contributed by atoms with E-state index in [1.807, 2.05) is 6.92 Å². The minimum atomic E-state index is 0.0608. The lowest BCUT2D eigenvalue weighted by molar-refractivity contribution is 0.375. The zero-order valence-corrected chi connectivity index (χ0v) is 12.2. The van der Waals surface area contributed by atoms with E-state index in [1.165, 1.54) is 25.7 Å². The van der Waals surface area contributed by atoms with E-state index < -0.39 is 0 Å².